The van der Waals surface area contributed by atoms with Crippen molar-refractivity contribution in [2.75, 3.05) is 46.3 Å². The van der Waals surface area contributed by atoms with Crippen molar-refractivity contribution in [2.45, 2.75) is 18.1 Å². The molecule has 7 heteroatoms. The molecule has 0 N–H and O–H groups in total. The fraction of sp³-hybridized carbons (Fsp3) is 0.571. The highest BCUT2D eigenvalue weighted by Gasteiger charge is 2.67. The van der Waals surface area contributed by atoms with Gasteiger partial charge in [-0.15, -0.1) is 0 Å². The SMILES string of the molecule is CN1CCN(C(=O)[C@H]2[C@@H]3C=C[C@@]4(CN(CCc5ccncc5)C(=O)[C@@H]24)O3)CC1. The van der Waals surface area contributed by atoms with E-state index in [9.17, 15) is 9.59 Å². The molecule has 4 aliphatic rings. The standard InChI is InChI=1S/C21H26N4O3/c1-23-10-12-24(13-11-23)19(26)17-16-2-6-21(28-16)14-25(20(27)18(17)21)9-5-15-3-7-22-8-4-15/h2-4,6-8,16-18H,5,9-14H2,1H3/t16-,17-,18+,21-/m0/s1. The molecule has 1 aromatic rings. The van der Waals surface area contributed by atoms with E-state index in [-0.39, 0.29) is 29.8 Å². The molecule has 0 aromatic carbocycles. The van der Waals surface area contributed by atoms with Gasteiger partial charge >= 0.3 is 0 Å². The van der Waals surface area contributed by atoms with Crippen LogP contribution in [0.3, 0.4) is 0 Å². The van der Waals surface area contributed by atoms with Gasteiger partial charge < -0.3 is 19.4 Å². The van der Waals surface area contributed by atoms with Gasteiger partial charge in [-0.2, -0.15) is 0 Å². The second-order valence-corrected chi connectivity index (χ2v) is 8.39. The number of nitrogens with zero attached hydrogens (tertiary/aromatic N) is 4. The largest absolute Gasteiger partial charge is 0.360 e. The smallest absolute Gasteiger partial charge is 0.230 e. The molecule has 4 atom stereocenters. The van der Waals surface area contributed by atoms with Gasteiger partial charge in [0.05, 0.1) is 24.5 Å². The molecule has 2 bridgehead atoms. The van der Waals surface area contributed by atoms with Crippen LogP contribution in [0.1, 0.15) is 5.56 Å². The molecular formula is C21H26N4O3. The van der Waals surface area contributed by atoms with Crippen molar-refractivity contribution in [3.8, 4) is 0 Å². The van der Waals surface area contributed by atoms with Gasteiger partial charge in [0.15, 0.2) is 0 Å². The molecule has 5 heterocycles. The fourth-order valence-corrected chi connectivity index (χ4v) is 5.10. The summed E-state index contributed by atoms with van der Waals surface area (Å²) in [6.07, 6.45) is 8.08. The highest BCUT2D eigenvalue weighted by Crippen LogP contribution is 2.52. The zero-order valence-electron chi connectivity index (χ0n) is 16.2. The zero-order chi connectivity index (χ0) is 19.3. The number of likely N-dealkylation sites (N-methyl/N-ethyl adjacent to an activating group) is 1. The van der Waals surface area contributed by atoms with Crippen LogP contribution in [0.25, 0.3) is 0 Å². The second-order valence-electron chi connectivity index (χ2n) is 8.39. The summed E-state index contributed by atoms with van der Waals surface area (Å²) in [4.78, 5) is 36.6. The Morgan fingerprint density at radius 1 is 1.25 bits per heavy atom. The van der Waals surface area contributed by atoms with Crippen LogP contribution < -0.4 is 0 Å². The van der Waals surface area contributed by atoms with E-state index in [4.69, 9.17) is 4.74 Å². The van der Waals surface area contributed by atoms with Crippen molar-refractivity contribution in [1.82, 2.24) is 19.7 Å². The molecule has 7 nitrogen and oxygen atoms in total. The van der Waals surface area contributed by atoms with E-state index in [1.54, 1.807) is 12.4 Å². The van der Waals surface area contributed by atoms with E-state index >= 15 is 0 Å². The van der Waals surface area contributed by atoms with Crippen molar-refractivity contribution in [1.29, 1.82) is 0 Å². The number of likely N-dealkylation sites (tertiary alicyclic amines) is 1. The number of carbonyl (C=O) groups excluding carboxylic acids is 2. The van der Waals surface area contributed by atoms with E-state index < -0.39 is 5.60 Å². The van der Waals surface area contributed by atoms with Crippen LogP contribution in [-0.4, -0.2) is 89.5 Å². The summed E-state index contributed by atoms with van der Waals surface area (Å²) in [5, 5.41) is 0. The molecule has 3 fully saturated rings. The molecule has 0 radical (unpaired) electrons. The minimum absolute atomic E-state index is 0.0633. The molecule has 148 valence electrons. The normalized spacial score (nSPS) is 34.3. The monoisotopic (exact) mass is 382 g/mol. The molecule has 1 spiro atoms. The third kappa shape index (κ3) is 2.76. The first kappa shape index (κ1) is 17.8. The highest BCUT2D eigenvalue weighted by molar-refractivity contribution is 5.93. The van der Waals surface area contributed by atoms with E-state index in [1.807, 2.05) is 34.1 Å². The lowest BCUT2D eigenvalue weighted by Crippen LogP contribution is -2.52. The van der Waals surface area contributed by atoms with Crippen LogP contribution >= 0.6 is 0 Å². The van der Waals surface area contributed by atoms with Crippen LogP contribution in [-0.2, 0) is 20.7 Å². The maximum absolute atomic E-state index is 13.3. The van der Waals surface area contributed by atoms with Crippen molar-refractivity contribution in [3.63, 3.8) is 0 Å². The summed E-state index contributed by atoms with van der Waals surface area (Å²) >= 11 is 0. The predicted octanol–water partition coefficient (Wildman–Crippen LogP) is 0.180. The Kier molecular flexibility index (Phi) is 4.25. The van der Waals surface area contributed by atoms with E-state index in [1.165, 1.54) is 0 Å². The van der Waals surface area contributed by atoms with Gasteiger partial charge in [0, 0.05) is 45.1 Å². The third-order valence-electron chi connectivity index (χ3n) is 6.70. The van der Waals surface area contributed by atoms with Crippen molar-refractivity contribution in [3.05, 3.63) is 42.2 Å². The lowest BCUT2D eigenvalue weighted by atomic mass is 9.76. The van der Waals surface area contributed by atoms with Crippen molar-refractivity contribution < 1.29 is 14.3 Å². The Morgan fingerprint density at radius 2 is 2.00 bits per heavy atom. The number of piperazine rings is 1. The average molecular weight is 382 g/mol. The molecule has 1 aromatic heterocycles. The van der Waals surface area contributed by atoms with Gasteiger partial charge in [-0.3, -0.25) is 14.6 Å². The van der Waals surface area contributed by atoms with Crippen molar-refractivity contribution >= 4 is 11.8 Å². The number of hydrogen-bond acceptors (Lipinski definition) is 5. The molecule has 3 saturated heterocycles. The summed E-state index contributed by atoms with van der Waals surface area (Å²) < 4.78 is 6.24. The van der Waals surface area contributed by atoms with Crippen LogP contribution in [0.5, 0.6) is 0 Å². The van der Waals surface area contributed by atoms with Crippen LogP contribution in [0.2, 0.25) is 0 Å². The maximum Gasteiger partial charge on any atom is 0.230 e. The van der Waals surface area contributed by atoms with Gasteiger partial charge in [-0.25, -0.2) is 0 Å². The summed E-state index contributed by atoms with van der Waals surface area (Å²) in [7, 11) is 2.07. The molecule has 0 aliphatic carbocycles. The van der Waals surface area contributed by atoms with E-state index in [0.29, 0.717) is 13.1 Å². The summed E-state index contributed by atoms with van der Waals surface area (Å²) in [5.41, 5.74) is 0.538. The predicted molar refractivity (Wildman–Crippen MR) is 102 cm³/mol. The molecule has 5 rings (SSSR count). The number of pyridine rings is 1. The third-order valence-corrected chi connectivity index (χ3v) is 6.70. The first-order valence-electron chi connectivity index (χ1n) is 10.1. The van der Waals surface area contributed by atoms with Crippen LogP contribution in [0.4, 0.5) is 0 Å². The summed E-state index contributed by atoms with van der Waals surface area (Å²) in [6, 6.07) is 3.95. The first-order valence-corrected chi connectivity index (χ1v) is 10.1. The molecule has 0 saturated carbocycles. The number of fused-ring (bicyclic) bond motifs is 1. The average Bonchev–Trinajstić information content (AvgIpc) is 3.35. The Balaban J connectivity index is 1.32. The number of rotatable bonds is 4. The van der Waals surface area contributed by atoms with Crippen molar-refractivity contribution in [2.24, 2.45) is 11.8 Å². The fourth-order valence-electron chi connectivity index (χ4n) is 5.10. The van der Waals surface area contributed by atoms with Crippen LogP contribution in [0, 0.1) is 11.8 Å². The van der Waals surface area contributed by atoms with Gasteiger partial charge in [0.1, 0.15) is 5.60 Å². The summed E-state index contributed by atoms with van der Waals surface area (Å²) in [5.74, 6) is -0.619. The number of hydrogen-bond donors (Lipinski definition) is 0. The van der Waals surface area contributed by atoms with Gasteiger partial charge in [-0.05, 0) is 31.2 Å². The Hall–Kier alpha value is -2.25. The first-order chi connectivity index (χ1) is 13.6. The Labute approximate surface area is 164 Å². The Morgan fingerprint density at radius 3 is 2.75 bits per heavy atom. The number of aromatic nitrogens is 1. The number of ether oxygens (including phenoxy) is 1. The molecule has 0 unspecified atom stereocenters. The lowest BCUT2D eigenvalue weighted by Gasteiger charge is -2.35. The lowest BCUT2D eigenvalue weighted by molar-refractivity contribution is -0.144. The van der Waals surface area contributed by atoms with E-state index in [0.717, 1.165) is 38.2 Å². The van der Waals surface area contributed by atoms with Crippen LogP contribution in [0.15, 0.2) is 36.7 Å². The molecule has 4 aliphatic heterocycles. The highest BCUT2D eigenvalue weighted by atomic mass is 16.5. The molecule has 28 heavy (non-hydrogen) atoms. The topological polar surface area (TPSA) is 66.0 Å². The maximum atomic E-state index is 13.3. The minimum Gasteiger partial charge on any atom is -0.360 e. The van der Waals surface area contributed by atoms with Gasteiger partial charge in [-0.1, -0.05) is 12.2 Å². The van der Waals surface area contributed by atoms with Gasteiger partial charge in [0.2, 0.25) is 11.8 Å². The second kappa shape index (κ2) is 6.67. The quantitative estimate of drug-likeness (QED) is 0.695. The number of amides is 2. The number of carbonyl (C=O) groups is 2. The zero-order valence-corrected chi connectivity index (χ0v) is 16.2. The molecule has 2 amide bonds. The summed E-state index contributed by atoms with van der Waals surface area (Å²) in [6.45, 7) is 4.38. The van der Waals surface area contributed by atoms with Gasteiger partial charge in [0.25, 0.3) is 0 Å². The minimum atomic E-state index is -0.618. The molecular weight excluding hydrogens is 356 g/mol. The Bertz CT molecular complexity index is 805. The van der Waals surface area contributed by atoms with E-state index in [2.05, 4.69) is 16.9 Å².